The maximum Gasteiger partial charge on any atom is 0.312 e. The predicted molar refractivity (Wildman–Crippen MR) is 82.1 cm³/mol. The number of aryl methyl sites for hydroxylation is 1. The van der Waals surface area contributed by atoms with E-state index < -0.39 is 18.3 Å². The zero-order valence-electron chi connectivity index (χ0n) is 13.0. The summed E-state index contributed by atoms with van der Waals surface area (Å²) in [6, 6.07) is 7.44. The molecule has 1 aromatic carbocycles. The van der Waals surface area contributed by atoms with Crippen LogP contribution in [0.5, 0.6) is 5.75 Å². The highest BCUT2D eigenvalue weighted by atomic mass is 16.5. The van der Waals surface area contributed by atoms with Crippen LogP contribution in [0, 0.1) is 6.92 Å². The molecule has 0 aromatic heterocycles. The quantitative estimate of drug-likeness (QED) is 0.799. The van der Waals surface area contributed by atoms with Gasteiger partial charge in [-0.15, -0.1) is 0 Å². The smallest absolute Gasteiger partial charge is 0.312 e. The molecule has 124 valence electrons. The van der Waals surface area contributed by atoms with Crippen molar-refractivity contribution < 1.29 is 24.2 Å². The Hall–Kier alpha value is -2.57. The maximum atomic E-state index is 12.1. The molecule has 0 unspecified atom stereocenters. The van der Waals surface area contributed by atoms with Gasteiger partial charge < -0.3 is 19.6 Å². The van der Waals surface area contributed by atoms with Crippen molar-refractivity contribution in [2.24, 2.45) is 0 Å². The minimum Gasteiger partial charge on any atom is -0.484 e. The van der Waals surface area contributed by atoms with Gasteiger partial charge in [-0.25, -0.2) is 0 Å². The Bertz CT molecular complexity index is 577. The number of benzene rings is 1. The maximum absolute atomic E-state index is 12.1. The Morgan fingerprint density at radius 1 is 1.00 bits per heavy atom. The molecule has 1 heterocycles. The van der Waals surface area contributed by atoms with Crippen LogP contribution in [0.3, 0.4) is 0 Å². The molecule has 0 saturated carbocycles. The first-order valence-electron chi connectivity index (χ1n) is 7.42. The summed E-state index contributed by atoms with van der Waals surface area (Å²) in [5.41, 5.74) is 1.12. The van der Waals surface area contributed by atoms with Gasteiger partial charge in [0.05, 0.1) is 0 Å². The van der Waals surface area contributed by atoms with Crippen LogP contribution in [0.2, 0.25) is 0 Å². The average Bonchev–Trinajstić information content (AvgIpc) is 2.53. The highest BCUT2D eigenvalue weighted by Gasteiger charge is 2.25. The van der Waals surface area contributed by atoms with Gasteiger partial charge in [-0.05, 0) is 19.1 Å². The first kappa shape index (κ1) is 16.8. The van der Waals surface area contributed by atoms with Gasteiger partial charge in [0, 0.05) is 26.2 Å². The highest BCUT2D eigenvalue weighted by Crippen LogP contribution is 2.12. The van der Waals surface area contributed by atoms with Gasteiger partial charge >= 0.3 is 5.97 Å². The molecule has 0 aliphatic carbocycles. The van der Waals surface area contributed by atoms with Gasteiger partial charge in [0.25, 0.3) is 5.91 Å². The van der Waals surface area contributed by atoms with Crippen LogP contribution in [0.15, 0.2) is 24.3 Å². The Morgan fingerprint density at radius 3 is 2.04 bits per heavy atom. The summed E-state index contributed by atoms with van der Waals surface area (Å²) >= 11 is 0. The topological polar surface area (TPSA) is 87.2 Å². The van der Waals surface area contributed by atoms with E-state index in [2.05, 4.69) is 0 Å². The lowest BCUT2D eigenvalue weighted by Crippen LogP contribution is -2.51. The van der Waals surface area contributed by atoms with Crippen molar-refractivity contribution in [2.45, 2.75) is 13.3 Å². The van der Waals surface area contributed by atoms with Crippen molar-refractivity contribution in [3.8, 4) is 5.75 Å². The zero-order chi connectivity index (χ0) is 16.8. The Labute approximate surface area is 134 Å². The van der Waals surface area contributed by atoms with E-state index in [1.54, 1.807) is 4.90 Å². The molecule has 1 aliphatic heterocycles. The number of rotatable bonds is 5. The molecule has 0 bridgehead atoms. The van der Waals surface area contributed by atoms with E-state index in [0.717, 1.165) is 5.56 Å². The largest absolute Gasteiger partial charge is 0.484 e. The molecule has 2 rings (SSSR count). The number of carboxylic acid groups (broad SMARTS) is 1. The van der Waals surface area contributed by atoms with Crippen LogP contribution in [0.25, 0.3) is 0 Å². The van der Waals surface area contributed by atoms with Crippen LogP contribution in [-0.2, 0) is 14.4 Å². The third-order valence-corrected chi connectivity index (χ3v) is 3.67. The predicted octanol–water partition coefficient (Wildman–Crippen LogP) is 0.519. The summed E-state index contributed by atoms with van der Waals surface area (Å²) in [4.78, 5) is 37.4. The molecule has 1 aliphatic rings. The lowest BCUT2D eigenvalue weighted by molar-refractivity contribution is -0.147. The van der Waals surface area contributed by atoms with Gasteiger partial charge in [-0.2, -0.15) is 0 Å². The fraction of sp³-hybridized carbons (Fsp3) is 0.438. The summed E-state index contributed by atoms with van der Waals surface area (Å²) in [6.07, 6.45) is -0.509. The summed E-state index contributed by atoms with van der Waals surface area (Å²) in [5, 5.41) is 8.62. The van der Waals surface area contributed by atoms with Crippen molar-refractivity contribution >= 4 is 17.8 Å². The summed E-state index contributed by atoms with van der Waals surface area (Å²) in [5.74, 6) is -1.06. The van der Waals surface area contributed by atoms with E-state index in [4.69, 9.17) is 9.84 Å². The molecule has 1 saturated heterocycles. The van der Waals surface area contributed by atoms with Crippen LogP contribution in [0.1, 0.15) is 12.0 Å². The fourth-order valence-electron chi connectivity index (χ4n) is 2.32. The number of ether oxygens (including phenoxy) is 1. The van der Waals surface area contributed by atoms with Crippen molar-refractivity contribution in [3.05, 3.63) is 29.8 Å². The van der Waals surface area contributed by atoms with Gasteiger partial charge in [-0.3, -0.25) is 14.4 Å². The normalized spacial score (nSPS) is 14.5. The molecule has 1 aromatic rings. The minimum atomic E-state index is -1.14. The molecular formula is C16H20N2O5. The van der Waals surface area contributed by atoms with E-state index in [9.17, 15) is 14.4 Å². The first-order valence-corrected chi connectivity index (χ1v) is 7.42. The molecule has 0 radical (unpaired) electrons. The van der Waals surface area contributed by atoms with Gasteiger partial charge in [0.1, 0.15) is 12.2 Å². The molecule has 2 amide bonds. The molecule has 7 nitrogen and oxygen atoms in total. The number of piperazine rings is 1. The monoisotopic (exact) mass is 320 g/mol. The standard InChI is InChI=1S/C16H20N2O5/c1-12-2-4-13(5-3-12)23-11-15(20)18-8-6-17(7-9-18)14(19)10-16(21)22/h2-5H,6-11H2,1H3,(H,21,22). The van der Waals surface area contributed by atoms with E-state index in [1.165, 1.54) is 4.90 Å². The highest BCUT2D eigenvalue weighted by molar-refractivity contribution is 5.93. The number of carbonyl (C=O) groups excluding carboxylic acids is 2. The van der Waals surface area contributed by atoms with Crippen LogP contribution in [0.4, 0.5) is 0 Å². The summed E-state index contributed by atoms with van der Waals surface area (Å²) in [6.45, 7) is 3.40. The second kappa shape index (κ2) is 7.62. The lowest BCUT2D eigenvalue weighted by Gasteiger charge is -2.34. The van der Waals surface area contributed by atoms with Gasteiger partial charge in [-0.1, -0.05) is 17.7 Å². The van der Waals surface area contributed by atoms with E-state index in [1.807, 2.05) is 31.2 Å². The van der Waals surface area contributed by atoms with E-state index in [0.29, 0.717) is 31.9 Å². The van der Waals surface area contributed by atoms with Gasteiger partial charge in [0.2, 0.25) is 5.91 Å². The number of nitrogens with zero attached hydrogens (tertiary/aromatic N) is 2. The number of hydrogen-bond acceptors (Lipinski definition) is 4. The number of hydrogen-bond donors (Lipinski definition) is 1. The third-order valence-electron chi connectivity index (χ3n) is 3.67. The lowest BCUT2D eigenvalue weighted by atomic mass is 10.2. The van der Waals surface area contributed by atoms with Crippen molar-refractivity contribution in [1.29, 1.82) is 0 Å². The number of amides is 2. The van der Waals surface area contributed by atoms with Gasteiger partial charge in [0.15, 0.2) is 6.61 Å². The van der Waals surface area contributed by atoms with Crippen LogP contribution < -0.4 is 4.74 Å². The summed E-state index contributed by atoms with van der Waals surface area (Å²) < 4.78 is 5.45. The van der Waals surface area contributed by atoms with Crippen molar-refractivity contribution in [1.82, 2.24) is 9.80 Å². The minimum absolute atomic E-state index is 0.0495. The second-order valence-electron chi connectivity index (χ2n) is 5.43. The molecule has 0 atom stereocenters. The zero-order valence-corrected chi connectivity index (χ0v) is 13.0. The molecular weight excluding hydrogens is 300 g/mol. The summed E-state index contributed by atoms with van der Waals surface area (Å²) in [7, 11) is 0. The molecule has 7 heteroatoms. The second-order valence-corrected chi connectivity index (χ2v) is 5.43. The SMILES string of the molecule is Cc1ccc(OCC(=O)N2CCN(C(=O)CC(=O)O)CC2)cc1. The number of carboxylic acids is 1. The van der Waals surface area contributed by atoms with E-state index in [-0.39, 0.29) is 12.5 Å². The van der Waals surface area contributed by atoms with Crippen molar-refractivity contribution in [3.63, 3.8) is 0 Å². The Morgan fingerprint density at radius 2 is 1.52 bits per heavy atom. The molecule has 0 spiro atoms. The third kappa shape index (κ3) is 4.98. The first-order chi connectivity index (χ1) is 11.0. The molecule has 1 N–H and O–H groups in total. The molecule has 23 heavy (non-hydrogen) atoms. The van der Waals surface area contributed by atoms with E-state index >= 15 is 0 Å². The Balaban J connectivity index is 1.76. The average molecular weight is 320 g/mol. The van der Waals surface area contributed by atoms with Crippen LogP contribution in [-0.4, -0.2) is 65.5 Å². The molecule has 1 fully saturated rings. The number of carbonyl (C=O) groups is 3. The Kier molecular flexibility index (Phi) is 5.56. The fourth-order valence-corrected chi connectivity index (χ4v) is 2.32. The van der Waals surface area contributed by atoms with Crippen molar-refractivity contribution in [2.75, 3.05) is 32.8 Å². The number of aliphatic carboxylic acids is 1. The van der Waals surface area contributed by atoms with Crippen LogP contribution >= 0.6 is 0 Å².